The second kappa shape index (κ2) is 9.23. The summed E-state index contributed by atoms with van der Waals surface area (Å²) in [6.07, 6.45) is 9.93. The molecule has 0 spiro atoms. The van der Waals surface area contributed by atoms with E-state index in [2.05, 4.69) is 37.4 Å². The number of nitrogens with one attached hydrogen (secondary N) is 1. The molecule has 0 radical (unpaired) electrons. The average Bonchev–Trinajstić information content (AvgIpc) is 3.26. The Balaban J connectivity index is 1.30. The van der Waals surface area contributed by atoms with Gasteiger partial charge in [0.2, 0.25) is 11.9 Å². The monoisotopic (exact) mass is 388 g/mol. The molecule has 0 bridgehead atoms. The lowest BCUT2D eigenvalue weighted by atomic mass is 10.1. The highest BCUT2D eigenvalue weighted by molar-refractivity contribution is 5.76. The zero-order valence-electron chi connectivity index (χ0n) is 16.2. The predicted octanol–water partition coefficient (Wildman–Crippen LogP) is 3.35. The first-order valence-electron chi connectivity index (χ1n) is 9.95. The van der Waals surface area contributed by atoms with Gasteiger partial charge in [0.1, 0.15) is 0 Å². The first kappa shape index (κ1) is 19.0. The molecule has 0 unspecified atom stereocenters. The molecule has 1 aliphatic heterocycles. The maximum atomic E-state index is 12.6. The van der Waals surface area contributed by atoms with Crippen molar-refractivity contribution in [2.24, 2.45) is 0 Å². The third-order valence-electron chi connectivity index (χ3n) is 5.14. The molecule has 2 aromatic heterocycles. The molecular formula is C22H24N6O. The van der Waals surface area contributed by atoms with Crippen molar-refractivity contribution in [1.29, 1.82) is 0 Å². The minimum atomic E-state index is 0.232. The third kappa shape index (κ3) is 5.13. The van der Waals surface area contributed by atoms with Gasteiger partial charge in [-0.3, -0.25) is 9.78 Å². The fourth-order valence-corrected chi connectivity index (χ4v) is 3.61. The number of carbonyl (C=O) groups is 1. The molecule has 1 aliphatic rings. The van der Waals surface area contributed by atoms with E-state index in [0.29, 0.717) is 24.7 Å². The highest BCUT2D eigenvalue weighted by atomic mass is 16.2. The molecule has 7 nitrogen and oxygen atoms in total. The van der Waals surface area contributed by atoms with Crippen molar-refractivity contribution in [3.63, 3.8) is 0 Å². The summed E-state index contributed by atoms with van der Waals surface area (Å²) in [6.45, 7) is 1.50. The fourth-order valence-electron chi connectivity index (χ4n) is 3.61. The van der Waals surface area contributed by atoms with Gasteiger partial charge in [0, 0.05) is 44.0 Å². The Morgan fingerprint density at radius 3 is 2.83 bits per heavy atom. The van der Waals surface area contributed by atoms with Crippen LogP contribution in [0.4, 0.5) is 11.8 Å². The largest absolute Gasteiger partial charge is 0.342 e. The number of aryl methyl sites for hydroxylation is 1. The van der Waals surface area contributed by atoms with Crippen molar-refractivity contribution < 1.29 is 4.79 Å². The van der Waals surface area contributed by atoms with Crippen LogP contribution < -0.4 is 5.32 Å². The van der Waals surface area contributed by atoms with E-state index in [4.69, 9.17) is 0 Å². The van der Waals surface area contributed by atoms with E-state index in [1.165, 1.54) is 5.56 Å². The van der Waals surface area contributed by atoms with Gasteiger partial charge in [-0.25, -0.2) is 15.0 Å². The molecular weight excluding hydrogens is 364 g/mol. The number of benzene rings is 1. The molecule has 0 saturated carbocycles. The number of nitrogens with zero attached hydrogens (tertiary/aromatic N) is 5. The summed E-state index contributed by atoms with van der Waals surface area (Å²) in [5, 5.41) is 3.07. The Morgan fingerprint density at radius 1 is 1.10 bits per heavy atom. The van der Waals surface area contributed by atoms with Gasteiger partial charge in [0.15, 0.2) is 5.82 Å². The molecule has 0 aliphatic carbocycles. The molecule has 1 saturated heterocycles. The molecule has 3 aromatic rings. The summed E-state index contributed by atoms with van der Waals surface area (Å²) in [5.74, 6) is 1.57. The van der Waals surface area contributed by atoms with Crippen molar-refractivity contribution in [3.8, 4) is 0 Å². The second-order valence-corrected chi connectivity index (χ2v) is 7.19. The van der Waals surface area contributed by atoms with E-state index in [9.17, 15) is 4.79 Å². The molecule has 1 N–H and O–H groups in total. The van der Waals surface area contributed by atoms with Crippen LogP contribution in [0.15, 0.2) is 61.2 Å². The molecule has 4 rings (SSSR count). The topological polar surface area (TPSA) is 83.9 Å². The number of likely N-dealkylation sites (tertiary alicyclic amines) is 1. The molecule has 7 heteroatoms. The van der Waals surface area contributed by atoms with Crippen molar-refractivity contribution in [2.75, 3.05) is 18.4 Å². The Hall–Kier alpha value is -3.35. The predicted molar refractivity (Wildman–Crippen MR) is 111 cm³/mol. The van der Waals surface area contributed by atoms with E-state index in [0.717, 1.165) is 31.5 Å². The zero-order valence-corrected chi connectivity index (χ0v) is 16.2. The summed E-state index contributed by atoms with van der Waals surface area (Å²) in [4.78, 5) is 31.6. The third-order valence-corrected chi connectivity index (χ3v) is 5.14. The van der Waals surface area contributed by atoms with Gasteiger partial charge in [-0.1, -0.05) is 30.3 Å². The van der Waals surface area contributed by atoms with Gasteiger partial charge in [-0.2, -0.15) is 0 Å². The quantitative estimate of drug-likeness (QED) is 0.668. The smallest absolute Gasteiger partial charge is 0.228 e. The van der Waals surface area contributed by atoms with E-state index in [-0.39, 0.29) is 11.8 Å². The Morgan fingerprint density at radius 2 is 2.00 bits per heavy atom. The number of amides is 1. The number of rotatable bonds is 7. The Bertz CT molecular complexity index is 934. The van der Waals surface area contributed by atoms with E-state index < -0.39 is 0 Å². The van der Waals surface area contributed by atoms with Gasteiger partial charge in [0.25, 0.3) is 0 Å². The number of carbonyl (C=O) groups excluding carboxylic acids is 1. The van der Waals surface area contributed by atoms with Crippen LogP contribution in [-0.4, -0.2) is 43.8 Å². The Kier molecular flexibility index (Phi) is 6.04. The van der Waals surface area contributed by atoms with Crippen molar-refractivity contribution in [1.82, 2.24) is 24.8 Å². The summed E-state index contributed by atoms with van der Waals surface area (Å²) in [6, 6.07) is 12.2. The lowest BCUT2D eigenvalue weighted by Crippen LogP contribution is -2.28. The molecule has 148 valence electrons. The van der Waals surface area contributed by atoms with Crippen LogP contribution in [-0.2, 0) is 11.2 Å². The van der Waals surface area contributed by atoms with Gasteiger partial charge in [-0.15, -0.1) is 0 Å². The molecule has 1 fully saturated rings. The van der Waals surface area contributed by atoms with Gasteiger partial charge >= 0.3 is 0 Å². The minimum absolute atomic E-state index is 0.232. The van der Waals surface area contributed by atoms with Crippen molar-refractivity contribution in [3.05, 3.63) is 72.4 Å². The van der Waals surface area contributed by atoms with Crippen LogP contribution in [0.25, 0.3) is 0 Å². The van der Waals surface area contributed by atoms with Gasteiger partial charge in [0.05, 0.1) is 11.9 Å². The molecule has 29 heavy (non-hydrogen) atoms. The number of hydrogen-bond donors (Lipinski definition) is 1. The first-order chi connectivity index (χ1) is 14.3. The maximum Gasteiger partial charge on any atom is 0.228 e. The number of hydrogen-bond acceptors (Lipinski definition) is 6. The normalized spacial score (nSPS) is 16.0. The van der Waals surface area contributed by atoms with Gasteiger partial charge in [-0.05, 0) is 30.9 Å². The first-order valence-corrected chi connectivity index (χ1v) is 9.95. The van der Waals surface area contributed by atoms with E-state index >= 15 is 0 Å². The number of anilines is 2. The van der Waals surface area contributed by atoms with Crippen LogP contribution in [0.2, 0.25) is 0 Å². The summed E-state index contributed by atoms with van der Waals surface area (Å²) < 4.78 is 0. The van der Waals surface area contributed by atoms with E-state index in [1.807, 2.05) is 29.2 Å². The standard InChI is InChI=1S/C22H24N6O/c29-21(8-4-7-17-5-2-1-3-6-17)28-14-10-18(16-28)19-9-11-25-22(26-19)27-20-15-23-12-13-24-20/h1-3,5-6,9,11-13,15,18H,4,7-8,10,14,16H2,(H,24,25,26,27)/t18-/m1/s1. The molecule has 3 heterocycles. The molecule has 1 amide bonds. The SMILES string of the molecule is O=C(CCCc1ccccc1)N1CC[C@@H](c2ccnc(Nc3cnccn3)n2)C1. The molecule has 1 atom stereocenters. The highest BCUT2D eigenvalue weighted by Gasteiger charge is 2.28. The minimum Gasteiger partial charge on any atom is -0.342 e. The zero-order chi connectivity index (χ0) is 19.9. The van der Waals surface area contributed by atoms with Crippen LogP contribution >= 0.6 is 0 Å². The van der Waals surface area contributed by atoms with Crippen LogP contribution in [0.3, 0.4) is 0 Å². The fraction of sp³-hybridized carbons (Fsp3) is 0.318. The summed E-state index contributed by atoms with van der Waals surface area (Å²) in [7, 11) is 0. The number of aromatic nitrogens is 4. The molecule has 1 aromatic carbocycles. The van der Waals surface area contributed by atoms with Crippen LogP contribution in [0.5, 0.6) is 0 Å². The lowest BCUT2D eigenvalue weighted by molar-refractivity contribution is -0.130. The average molecular weight is 388 g/mol. The lowest BCUT2D eigenvalue weighted by Gasteiger charge is -2.16. The summed E-state index contributed by atoms with van der Waals surface area (Å²) in [5.41, 5.74) is 2.23. The van der Waals surface area contributed by atoms with Crippen molar-refractivity contribution in [2.45, 2.75) is 31.6 Å². The van der Waals surface area contributed by atoms with Gasteiger partial charge < -0.3 is 10.2 Å². The van der Waals surface area contributed by atoms with E-state index in [1.54, 1.807) is 24.8 Å². The second-order valence-electron chi connectivity index (χ2n) is 7.19. The van der Waals surface area contributed by atoms with Crippen LogP contribution in [0.1, 0.15) is 36.4 Å². The van der Waals surface area contributed by atoms with Crippen molar-refractivity contribution >= 4 is 17.7 Å². The highest BCUT2D eigenvalue weighted by Crippen LogP contribution is 2.27. The maximum absolute atomic E-state index is 12.6. The van der Waals surface area contributed by atoms with Crippen LogP contribution in [0, 0.1) is 0 Å². The summed E-state index contributed by atoms with van der Waals surface area (Å²) >= 11 is 0. The Labute approximate surface area is 170 Å².